The number of amides is 1. The zero-order chi connectivity index (χ0) is 20.3. The highest BCUT2D eigenvalue weighted by atomic mass is 16.6. The fourth-order valence-electron chi connectivity index (χ4n) is 3.94. The molecule has 1 N–H and O–H groups in total. The maximum Gasteiger partial charge on any atom is 0.249 e. The molecule has 4 rings (SSSR count). The molecule has 0 aromatic carbocycles. The number of pyridine rings is 1. The highest BCUT2D eigenvalue weighted by molar-refractivity contribution is 5.81. The molecule has 2 saturated heterocycles. The Labute approximate surface area is 169 Å². The van der Waals surface area contributed by atoms with E-state index in [9.17, 15) is 4.79 Å². The molecule has 0 bridgehead atoms. The van der Waals surface area contributed by atoms with Crippen LogP contribution in [0.5, 0.6) is 5.88 Å². The molecule has 4 heterocycles. The van der Waals surface area contributed by atoms with Crippen LogP contribution < -0.4 is 10.1 Å². The second kappa shape index (κ2) is 8.48. The number of rotatable bonds is 6. The Morgan fingerprint density at radius 2 is 2.38 bits per heavy atom. The van der Waals surface area contributed by atoms with Gasteiger partial charge < -0.3 is 24.1 Å². The summed E-state index contributed by atoms with van der Waals surface area (Å²) in [7, 11) is 1.62. The Morgan fingerprint density at radius 1 is 1.48 bits per heavy atom. The third-order valence-corrected chi connectivity index (χ3v) is 5.35. The SMILES string of the molecule is COc1ncc(CN2CCO[C@@]3(CO[C@H](C(=O)NCc4ccon4)C3)C2)cc1C. The van der Waals surface area contributed by atoms with E-state index in [4.69, 9.17) is 18.7 Å². The van der Waals surface area contributed by atoms with Gasteiger partial charge >= 0.3 is 0 Å². The number of ether oxygens (including phenoxy) is 3. The summed E-state index contributed by atoms with van der Waals surface area (Å²) >= 11 is 0. The van der Waals surface area contributed by atoms with Crippen LogP contribution in [0.4, 0.5) is 0 Å². The smallest absolute Gasteiger partial charge is 0.249 e. The first-order chi connectivity index (χ1) is 14.1. The van der Waals surface area contributed by atoms with Crippen LogP contribution in [-0.4, -0.2) is 66.1 Å². The number of nitrogens with zero attached hydrogens (tertiary/aromatic N) is 3. The topological polar surface area (TPSA) is 99.0 Å². The Hall–Kier alpha value is -2.49. The van der Waals surface area contributed by atoms with Gasteiger partial charge in [0, 0.05) is 43.9 Å². The van der Waals surface area contributed by atoms with Crippen LogP contribution in [0.25, 0.3) is 0 Å². The van der Waals surface area contributed by atoms with Gasteiger partial charge in [-0.1, -0.05) is 5.16 Å². The average molecular weight is 402 g/mol. The summed E-state index contributed by atoms with van der Waals surface area (Å²) < 4.78 is 21.9. The number of carbonyl (C=O) groups is 1. The van der Waals surface area contributed by atoms with Gasteiger partial charge in [0.2, 0.25) is 11.8 Å². The fraction of sp³-hybridized carbons (Fsp3) is 0.550. The van der Waals surface area contributed by atoms with Crippen LogP contribution in [0.3, 0.4) is 0 Å². The van der Waals surface area contributed by atoms with Crippen molar-refractivity contribution in [2.24, 2.45) is 0 Å². The highest BCUT2D eigenvalue weighted by Crippen LogP contribution is 2.32. The first-order valence-corrected chi connectivity index (χ1v) is 9.71. The average Bonchev–Trinajstić information content (AvgIpc) is 3.37. The molecule has 0 aliphatic carbocycles. The number of methoxy groups -OCH3 is 1. The summed E-state index contributed by atoms with van der Waals surface area (Å²) in [5.41, 5.74) is 2.36. The molecule has 0 radical (unpaired) electrons. The second-order valence-electron chi connectivity index (χ2n) is 7.62. The molecule has 9 heteroatoms. The monoisotopic (exact) mass is 402 g/mol. The Bertz CT molecular complexity index is 843. The normalized spacial score (nSPS) is 24.7. The van der Waals surface area contributed by atoms with Gasteiger partial charge in [-0.2, -0.15) is 0 Å². The second-order valence-corrected chi connectivity index (χ2v) is 7.62. The largest absolute Gasteiger partial charge is 0.481 e. The molecule has 2 aromatic rings. The lowest BCUT2D eigenvalue weighted by Gasteiger charge is -2.39. The van der Waals surface area contributed by atoms with Gasteiger partial charge in [0.25, 0.3) is 0 Å². The zero-order valence-electron chi connectivity index (χ0n) is 16.7. The van der Waals surface area contributed by atoms with Gasteiger partial charge in [-0.05, 0) is 18.6 Å². The number of aromatic nitrogens is 2. The molecule has 2 aromatic heterocycles. The molecule has 1 spiro atoms. The van der Waals surface area contributed by atoms with Crippen molar-refractivity contribution >= 4 is 5.91 Å². The highest BCUT2D eigenvalue weighted by Gasteiger charge is 2.46. The molecular weight excluding hydrogens is 376 g/mol. The quantitative estimate of drug-likeness (QED) is 0.766. The van der Waals surface area contributed by atoms with Crippen molar-refractivity contribution < 1.29 is 23.5 Å². The maximum absolute atomic E-state index is 12.5. The third-order valence-electron chi connectivity index (χ3n) is 5.35. The van der Waals surface area contributed by atoms with Crippen molar-refractivity contribution in [2.75, 3.05) is 33.4 Å². The van der Waals surface area contributed by atoms with Gasteiger partial charge in [-0.25, -0.2) is 4.98 Å². The van der Waals surface area contributed by atoms with E-state index in [1.165, 1.54) is 6.26 Å². The van der Waals surface area contributed by atoms with Crippen LogP contribution in [0.2, 0.25) is 0 Å². The number of hydrogen-bond donors (Lipinski definition) is 1. The zero-order valence-corrected chi connectivity index (χ0v) is 16.7. The first-order valence-electron chi connectivity index (χ1n) is 9.71. The van der Waals surface area contributed by atoms with E-state index in [1.807, 2.05) is 13.1 Å². The number of carbonyl (C=O) groups excluding carboxylic acids is 1. The lowest BCUT2D eigenvalue weighted by atomic mass is 9.97. The van der Waals surface area contributed by atoms with Crippen molar-refractivity contribution in [1.82, 2.24) is 20.4 Å². The molecule has 2 aliphatic rings. The van der Waals surface area contributed by atoms with Gasteiger partial charge in [-0.3, -0.25) is 9.69 Å². The van der Waals surface area contributed by atoms with Crippen LogP contribution in [0, 0.1) is 6.92 Å². The molecular formula is C20H26N4O5. The van der Waals surface area contributed by atoms with Crippen molar-refractivity contribution in [3.8, 4) is 5.88 Å². The van der Waals surface area contributed by atoms with E-state index in [0.29, 0.717) is 44.3 Å². The Kier molecular flexibility index (Phi) is 5.79. The fourth-order valence-corrected chi connectivity index (χ4v) is 3.94. The number of hydrogen-bond acceptors (Lipinski definition) is 8. The summed E-state index contributed by atoms with van der Waals surface area (Å²) in [6.07, 6.45) is 3.34. The maximum atomic E-state index is 12.5. The van der Waals surface area contributed by atoms with Crippen molar-refractivity contribution in [3.63, 3.8) is 0 Å². The molecule has 9 nitrogen and oxygen atoms in total. The minimum absolute atomic E-state index is 0.152. The van der Waals surface area contributed by atoms with E-state index >= 15 is 0 Å². The third kappa shape index (κ3) is 4.58. The molecule has 1 amide bonds. The van der Waals surface area contributed by atoms with Crippen LogP contribution in [0.1, 0.15) is 23.2 Å². The standard InChI is InChI=1S/C20H26N4O5/c1-14-7-15(9-22-19(14)26-2)11-24-4-6-28-20(12-24)8-17(27-13-20)18(25)21-10-16-3-5-29-23-16/h3,5,7,9,17H,4,6,8,10-13H2,1-2H3,(H,21,25)/t17-,20+/m0/s1. The number of nitrogens with one attached hydrogen (secondary N) is 1. The van der Waals surface area contributed by atoms with Crippen LogP contribution in [-0.2, 0) is 27.4 Å². The minimum Gasteiger partial charge on any atom is -0.481 e. The van der Waals surface area contributed by atoms with E-state index in [-0.39, 0.29) is 5.91 Å². The summed E-state index contributed by atoms with van der Waals surface area (Å²) in [6, 6.07) is 3.81. The lowest BCUT2D eigenvalue weighted by Crippen LogP contribution is -2.52. The van der Waals surface area contributed by atoms with Crippen molar-refractivity contribution in [3.05, 3.63) is 41.4 Å². The summed E-state index contributed by atoms with van der Waals surface area (Å²) in [5, 5.41) is 6.63. The van der Waals surface area contributed by atoms with Crippen LogP contribution in [0.15, 0.2) is 29.1 Å². The minimum atomic E-state index is -0.522. The Balaban J connectivity index is 1.33. The van der Waals surface area contributed by atoms with Gasteiger partial charge in [0.05, 0.1) is 26.9 Å². The predicted molar refractivity (Wildman–Crippen MR) is 102 cm³/mol. The first kappa shape index (κ1) is 19.8. The summed E-state index contributed by atoms with van der Waals surface area (Å²) in [4.78, 5) is 19.1. The van der Waals surface area contributed by atoms with E-state index in [0.717, 1.165) is 24.2 Å². The molecule has 29 heavy (non-hydrogen) atoms. The van der Waals surface area contributed by atoms with E-state index in [1.54, 1.807) is 13.2 Å². The molecule has 2 atom stereocenters. The predicted octanol–water partition coefficient (Wildman–Crippen LogP) is 1.06. The lowest BCUT2D eigenvalue weighted by molar-refractivity contribution is -0.130. The molecule has 0 unspecified atom stereocenters. The molecule has 0 saturated carbocycles. The Morgan fingerprint density at radius 3 is 3.14 bits per heavy atom. The van der Waals surface area contributed by atoms with Crippen LogP contribution >= 0.6 is 0 Å². The number of morpholine rings is 1. The molecule has 2 aliphatic heterocycles. The van der Waals surface area contributed by atoms with Crippen molar-refractivity contribution in [1.29, 1.82) is 0 Å². The molecule has 156 valence electrons. The van der Waals surface area contributed by atoms with Gasteiger partial charge in [-0.15, -0.1) is 0 Å². The van der Waals surface area contributed by atoms with Crippen molar-refractivity contribution in [2.45, 2.75) is 38.1 Å². The summed E-state index contributed by atoms with van der Waals surface area (Å²) in [5.74, 6) is 0.497. The summed E-state index contributed by atoms with van der Waals surface area (Å²) in [6.45, 7) is 5.64. The van der Waals surface area contributed by atoms with Gasteiger partial charge in [0.1, 0.15) is 23.7 Å². The number of aryl methyl sites for hydroxylation is 1. The van der Waals surface area contributed by atoms with E-state index in [2.05, 4.69) is 26.4 Å². The van der Waals surface area contributed by atoms with E-state index < -0.39 is 11.7 Å². The molecule has 2 fully saturated rings. The van der Waals surface area contributed by atoms with Gasteiger partial charge in [0.15, 0.2) is 0 Å².